The molecule has 2 aliphatic heterocycles. The third-order valence-corrected chi connectivity index (χ3v) is 7.74. The Balaban J connectivity index is 1.45. The van der Waals surface area contributed by atoms with Gasteiger partial charge in [-0.3, -0.25) is 9.36 Å². The van der Waals surface area contributed by atoms with E-state index in [1.54, 1.807) is 4.57 Å². The van der Waals surface area contributed by atoms with E-state index in [0.29, 0.717) is 17.3 Å². The summed E-state index contributed by atoms with van der Waals surface area (Å²) in [7, 11) is 1.81. The number of hydrogen-bond acceptors (Lipinski definition) is 6. The highest BCUT2D eigenvalue weighted by atomic mass is 16.5. The van der Waals surface area contributed by atoms with Crippen molar-refractivity contribution in [2.45, 2.75) is 50.2 Å². The number of anilines is 2. The Morgan fingerprint density at radius 3 is 2.37 bits per heavy atom. The molecule has 30 heavy (non-hydrogen) atoms. The van der Waals surface area contributed by atoms with E-state index >= 15 is 0 Å². The van der Waals surface area contributed by atoms with E-state index in [2.05, 4.69) is 24.0 Å². The fourth-order valence-electron chi connectivity index (χ4n) is 5.53. The topological polar surface area (TPSA) is 99.4 Å². The van der Waals surface area contributed by atoms with Crippen LogP contribution in [0.2, 0.25) is 0 Å². The van der Waals surface area contributed by atoms with E-state index in [9.17, 15) is 4.79 Å². The van der Waals surface area contributed by atoms with Crippen LogP contribution >= 0.6 is 0 Å². The van der Waals surface area contributed by atoms with Crippen LogP contribution in [0.3, 0.4) is 0 Å². The summed E-state index contributed by atoms with van der Waals surface area (Å²) in [5, 5.41) is 0. The Labute approximate surface area is 177 Å². The Hall–Kier alpha value is -2.38. The molecule has 0 bridgehead atoms. The van der Waals surface area contributed by atoms with Gasteiger partial charge in [-0.25, -0.2) is 0 Å². The molecule has 0 amide bonds. The molecule has 3 aliphatic rings. The molecule has 1 spiro atoms. The van der Waals surface area contributed by atoms with Gasteiger partial charge >= 0.3 is 0 Å². The van der Waals surface area contributed by atoms with E-state index in [4.69, 9.17) is 21.2 Å². The van der Waals surface area contributed by atoms with Crippen LogP contribution in [0, 0.1) is 5.41 Å². The van der Waals surface area contributed by atoms with Gasteiger partial charge in [0.15, 0.2) is 0 Å². The van der Waals surface area contributed by atoms with Crippen LogP contribution in [0.5, 0.6) is 0 Å². The Bertz CT molecular complexity index is 1010. The predicted molar refractivity (Wildman–Crippen MR) is 118 cm³/mol. The van der Waals surface area contributed by atoms with Crippen LogP contribution in [0.1, 0.15) is 43.7 Å². The SMILES string of the molecule is C[C@@H]1OCC2(CCN(c3nc(N)c(C4(c5ccccc5)CC4)c(=O)n3C)CC2)[C@@H]1N. The second kappa shape index (κ2) is 6.82. The largest absolute Gasteiger partial charge is 0.383 e. The average Bonchev–Trinajstić information content (AvgIpc) is 3.52. The van der Waals surface area contributed by atoms with Crippen molar-refractivity contribution in [1.82, 2.24) is 9.55 Å². The van der Waals surface area contributed by atoms with Gasteiger partial charge in [0.2, 0.25) is 5.95 Å². The molecule has 3 fully saturated rings. The van der Waals surface area contributed by atoms with E-state index in [0.717, 1.165) is 50.9 Å². The summed E-state index contributed by atoms with van der Waals surface area (Å²) in [6, 6.07) is 10.2. The molecule has 4 N–H and O–H groups in total. The van der Waals surface area contributed by atoms with Gasteiger partial charge in [0, 0.05) is 37.0 Å². The van der Waals surface area contributed by atoms with Crippen LogP contribution in [0.4, 0.5) is 11.8 Å². The van der Waals surface area contributed by atoms with E-state index < -0.39 is 0 Å². The van der Waals surface area contributed by atoms with Gasteiger partial charge < -0.3 is 21.1 Å². The third kappa shape index (κ3) is 2.79. The molecule has 2 atom stereocenters. The highest BCUT2D eigenvalue weighted by molar-refractivity contribution is 5.56. The van der Waals surface area contributed by atoms with Crippen molar-refractivity contribution in [3.8, 4) is 0 Å². The quantitative estimate of drug-likeness (QED) is 0.802. The Morgan fingerprint density at radius 2 is 1.80 bits per heavy atom. The van der Waals surface area contributed by atoms with Crippen LogP contribution < -0.4 is 21.9 Å². The zero-order valence-electron chi connectivity index (χ0n) is 17.8. The van der Waals surface area contributed by atoms with Crippen molar-refractivity contribution in [3.05, 3.63) is 51.8 Å². The van der Waals surface area contributed by atoms with Crippen molar-refractivity contribution in [2.75, 3.05) is 30.3 Å². The molecule has 160 valence electrons. The smallest absolute Gasteiger partial charge is 0.260 e. The summed E-state index contributed by atoms with van der Waals surface area (Å²) in [6.45, 7) is 4.37. The summed E-state index contributed by atoms with van der Waals surface area (Å²) in [4.78, 5) is 20.3. The molecule has 0 radical (unpaired) electrons. The standard InChI is InChI=1S/C23H31N5O2/c1-15-18(24)22(14-30-15)10-12-28(13-11-22)21-26-19(25)17(20(29)27(21)2)23(8-9-23)16-6-4-3-5-7-16/h3-7,15,18H,8-14,24-25H2,1-2H3/t15-,18+/m0/s1. The monoisotopic (exact) mass is 409 g/mol. The normalized spacial score (nSPS) is 26.8. The molecule has 7 heteroatoms. The second-order valence-corrected chi connectivity index (χ2v) is 9.38. The summed E-state index contributed by atoms with van der Waals surface area (Å²) in [5.41, 5.74) is 14.4. The maximum atomic E-state index is 13.4. The number of hydrogen-bond donors (Lipinski definition) is 2. The van der Waals surface area contributed by atoms with Crippen molar-refractivity contribution in [2.24, 2.45) is 18.2 Å². The number of ether oxygens (including phenoxy) is 1. The number of nitrogens with two attached hydrogens (primary N) is 2. The fraction of sp³-hybridized carbons (Fsp3) is 0.565. The average molecular weight is 410 g/mol. The summed E-state index contributed by atoms with van der Waals surface area (Å²) in [6.07, 6.45) is 3.83. The maximum absolute atomic E-state index is 13.4. The third-order valence-electron chi connectivity index (χ3n) is 7.74. The van der Waals surface area contributed by atoms with Gasteiger partial charge in [-0.05, 0) is 38.2 Å². The lowest BCUT2D eigenvalue weighted by Crippen LogP contribution is -2.51. The zero-order valence-corrected chi connectivity index (χ0v) is 17.8. The first kappa shape index (κ1) is 19.6. The molecule has 2 aromatic rings. The van der Waals surface area contributed by atoms with E-state index in [-0.39, 0.29) is 28.5 Å². The van der Waals surface area contributed by atoms with E-state index in [1.165, 1.54) is 0 Å². The van der Waals surface area contributed by atoms with Crippen molar-refractivity contribution < 1.29 is 4.74 Å². The summed E-state index contributed by atoms with van der Waals surface area (Å²) in [5.74, 6) is 1.02. The van der Waals surface area contributed by atoms with Gasteiger partial charge in [0.25, 0.3) is 5.56 Å². The molecule has 5 rings (SSSR count). The van der Waals surface area contributed by atoms with Gasteiger partial charge in [-0.15, -0.1) is 0 Å². The van der Waals surface area contributed by atoms with Gasteiger partial charge in [0.1, 0.15) is 5.82 Å². The van der Waals surface area contributed by atoms with Crippen LogP contribution in [-0.4, -0.2) is 41.4 Å². The first-order chi connectivity index (χ1) is 14.4. The van der Waals surface area contributed by atoms with Crippen molar-refractivity contribution >= 4 is 11.8 Å². The van der Waals surface area contributed by atoms with Crippen LogP contribution in [0.15, 0.2) is 35.1 Å². The number of nitrogens with zero attached hydrogens (tertiary/aromatic N) is 3. The fourth-order valence-corrected chi connectivity index (χ4v) is 5.53. The summed E-state index contributed by atoms with van der Waals surface area (Å²) < 4.78 is 7.51. The minimum Gasteiger partial charge on any atom is -0.383 e. The van der Waals surface area contributed by atoms with Crippen LogP contribution in [0.25, 0.3) is 0 Å². The lowest BCUT2D eigenvalue weighted by molar-refractivity contribution is 0.0973. The number of aromatic nitrogens is 2. The molecule has 1 saturated carbocycles. The van der Waals surface area contributed by atoms with Gasteiger partial charge in [-0.2, -0.15) is 4.98 Å². The van der Waals surface area contributed by atoms with Gasteiger partial charge in [0.05, 0.1) is 18.3 Å². The lowest BCUT2D eigenvalue weighted by atomic mass is 9.73. The van der Waals surface area contributed by atoms with Crippen molar-refractivity contribution in [1.29, 1.82) is 0 Å². The zero-order chi connectivity index (χ0) is 21.1. The molecule has 0 unspecified atom stereocenters. The minimum absolute atomic E-state index is 0.0334. The van der Waals surface area contributed by atoms with Crippen molar-refractivity contribution in [3.63, 3.8) is 0 Å². The van der Waals surface area contributed by atoms with Gasteiger partial charge in [-0.1, -0.05) is 30.3 Å². The lowest BCUT2D eigenvalue weighted by Gasteiger charge is -2.41. The first-order valence-corrected chi connectivity index (χ1v) is 10.9. The molecule has 3 heterocycles. The molecular formula is C23H31N5O2. The highest BCUT2D eigenvalue weighted by Crippen LogP contribution is 2.53. The maximum Gasteiger partial charge on any atom is 0.260 e. The molecule has 2 saturated heterocycles. The number of piperidine rings is 1. The second-order valence-electron chi connectivity index (χ2n) is 9.38. The predicted octanol–water partition coefficient (Wildman–Crippen LogP) is 1.78. The highest BCUT2D eigenvalue weighted by Gasteiger charge is 2.50. The minimum atomic E-state index is -0.290. The first-order valence-electron chi connectivity index (χ1n) is 10.9. The van der Waals surface area contributed by atoms with E-state index in [1.807, 2.05) is 25.2 Å². The molecule has 1 aromatic heterocycles. The molecule has 1 aromatic carbocycles. The number of nitrogen functional groups attached to an aromatic ring is 1. The number of benzene rings is 1. The Kier molecular flexibility index (Phi) is 4.45. The molecule has 1 aliphatic carbocycles. The van der Waals surface area contributed by atoms with Crippen LogP contribution in [-0.2, 0) is 17.2 Å². The molecule has 7 nitrogen and oxygen atoms in total. The number of rotatable bonds is 3. The Morgan fingerprint density at radius 1 is 1.13 bits per heavy atom. The summed E-state index contributed by atoms with van der Waals surface area (Å²) >= 11 is 0. The molecular weight excluding hydrogens is 378 g/mol.